The van der Waals surface area contributed by atoms with Crippen molar-refractivity contribution in [3.05, 3.63) is 89.5 Å². The van der Waals surface area contributed by atoms with Crippen LogP contribution in [0, 0.1) is 0 Å². The molecule has 182 valence electrons. The molecule has 4 rings (SSSR count). The molecule has 3 aromatic rings. The van der Waals surface area contributed by atoms with Gasteiger partial charge in [-0.3, -0.25) is 4.79 Å². The van der Waals surface area contributed by atoms with Crippen molar-refractivity contribution in [1.29, 1.82) is 0 Å². The molecule has 1 saturated heterocycles. The smallest absolute Gasteiger partial charge is 0.340 e. The van der Waals surface area contributed by atoms with Crippen molar-refractivity contribution in [2.45, 2.75) is 20.0 Å². The Kier molecular flexibility index (Phi) is 8.35. The normalized spacial score (nSPS) is 13.2. The van der Waals surface area contributed by atoms with E-state index < -0.39 is 5.97 Å². The highest BCUT2D eigenvalue weighted by molar-refractivity contribution is 6.05. The summed E-state index contributed by atoms with van der Waals surface area (Å²) < 4.78 is 16.6. The van der Waals surface area contributed by atoms with Crippen molar-refractivity contribution in [3.63, 3.8) is 0 Å². The van der Waals surface area contributed by atoms with Gasteiger partial charge in [0, 0.05) is 24.3 Å². The summed E-state index contributed by atoms with van der Waals surface area (Å²) in [6.07, 6.45) is 0.736. The van der Waals surface area contributed by atoms with E-state index in [4.69, 9.17) is 14.2 Å². The Morgan fingerprint density at radius 1 is 0.971 bits per heavy atom. The third kappa shape index (κ3) is 6.61. The first-order chi connectivity index (χ1) is 17.1. The van der Waals surface area contributed by atoms with Crippen LogP contribution >= 0.6 is 0 Å². The van der Waals surface area contributed by atoms with Gasteiger partial charge in [-0.15, -0.1) is 0 Å². The van der Waals surface area contributed by atoms with Gasteiger partial charge >= 0.3 is 5.97 Å². The van der Waals surface area contributed by atoms with Crippen LogP contribution < -0.4 is 15.0 Å². The average Bonchev–Trinajstić information content (AvgIpc) is 2.92. The summed E-state index contributed by atoms with van der Waals surface area (Å²) in [5.74, 6) is 0.0113. The molecular weight excluding hydrogens is 444 g/mol. The SMILES string of the molecule is CCCOC(=O)c1cc(NC(=O)c2ccc(OCc3ccccc3)cc2)ccc1N1CCOCC1. The molecule has 1 amide bonds. The van der Waals surface area contributed by atoms with Crippen molar-refractivity contribution in [2.24, 2.45) is 0 Å². The number of anilines is 2. The Labute approximate surface area is 205 Å². The molecule has 7 heteroatoms. The van der Waals surface area contributed by atoms with Crippen LogP contribution in [0.25, 0.3) is 0 Å². The highest BCUT2D eigenvalue weighted by Gasteiger charge is 2.21. The van der Waals surface area contributed by atoms with Gasteiger partial charge in [0.15, 0.2) is 0 Å². The lowest BCUT2D eigenvalue weighted by molar-refractivity contribution is 0.0504. The minimum atomic E-state index is -0.399. The fourth-order valence-electron chi connectivity index (χ4n) is 3.78. The van der Waals surface area contributed by atoms with Gasteiger partial charge in [0.1, 0.15) is 12.4 Å². The zero-order valence-electron chi connectivity index (χ0n) is 19.9. The summed E-state index contributed by atoms with van der Waals surface area (Å²) in [5, 5.41) is 2.89. The second-order valence-electron chi connectivity index (χ2n) is 8.22. The molecule has 0 atom stereocenters. The summed E-state index contributed by atoms with van der Waals surface area (Å²) in [4.78, 5) is 27.7. The van der Waals surface area contributed by atoms with Gasteiger partial charge in [-0.2, -0.15) is 0 Å². The lowest BCUT2D eigenvalue weighted by atomic mass is 10.1. The van der Waals surface area contributed by atoms with Crippen molar-refractivity contribution in [2.75, 3.05) is 43.1 Å². The Bertz CT molecular complexity index is 1130. The van der Waals surface area contributed by atoms with Crippen molar-refractivity contribution in [1.82, 2.24) is 0 Å². The number of hydrogen-bond acceptors (Lipinski definition) is 6. The van der Waals surface area contributed by atoms with Gasteiger partial charge < -0.3 is 24.4 Å². The van der Waals surface area contributed by atoms with Crippen LogP contribution in [-0.4, -0.2) is 44.8 Å². The standard InChI is InChI=1S/C28H30N2O5/c1-2-16-34-28(32)25-19-23(10-13-26(25)30-14-17-33-18-15-30)29-27(31)22-8-11-24(12-9-22)35-20-21-6-4-3-5-7-21/h3-13,19H,2,14-18,20H2,1H3,(H,29,31). The molecule has 1 N–H and O–H groups in total. The van der Waals surface area contributed by atoms with Gasteiger partial charge in [-0.25, -0.2) is 4.79 Å². The Hall–Kier alpha value is -3.84. The third-order valence-electron chi connectivity index (χ3n) is 5.63. The first-order valence-electron chi connectivity index (χ1n) is 11.9. The molecule has 0 radical (unpaired) electrons. The predicted octanol–water partition coefficient (Wildman–Crippen LogP) is 4.92. The quantitative estimate of drug-likeness (QED) is 0.444. The van der Waals surface area contributed by atoms with Crippen LogP contribution in [0.2, 0.25) is 0 Å². The van der Waals surface area contributed by atoms with E-state index in [1.807, 2.05) is 43.3 Å². The van der Waals surface area contributed by atoms with E-state index in [-0.39, 0.29) is 5.91 Å². The minimum absolute atomic E-state index is 0.272. The highest BCUT2D eigenvalue weighted by atomic mass is 16.5. The monoisotopic (exact) mass is 474 g/mol. The van der Waals surface area contributed by atoms with Gasteiger partial charge in [0.25, 0.3) is 5.91 Å². The molecule has 0 unspecified atom stereocenters. The summed E-state index contributed by atoms with van der Waals surface area (Å²) >= 11 is 0. The first kappa shape index (κ1) is 24.3. The van der Waals surface area contributed by atoms with E-state index in [1.165, 1.54) is 0 Å². The van der Waals surface area contributed by atoms with Crippen molar-refractivity contribution < 1.29 is 23.8 Å². The number of carbonyl (C=O) groups excluding carboxylic acids is 2. The number of benzene rings is 3. The molecule has 1 aliphatic heterocycles. The molecule has 0 spiro atoms. The molecule has 1 aliphatic rings. The second kappa shape index (κ2) is 12.0. The minimum Gasteiger partial charge on any atom is -0.489 e. The lowest BCUT2D eigenvalue weighted by Gasteiger charge is -2.30. The van der Waals surface area contributed by atoms with E-state index in [0.29, 0.717) is 62.1 Å². The number of ether oxygens (including phenoxy) is 3. The third-order valence-corrected chi connectivity index (χ3v) is 5.63. The largest absolute Gasteiger partial charge is 0.489 e. The number of morpholine rings is 1. The predicted molar refractivity (Wildman–Crippen MR) is 135 cm³/mol. The molecule has 0 aromatic heterocycles. The van der Waals surface area contributed by atoms with Crippen LogP contribution in [0.1, 0.15) is 39.6 Å². The summed E-state index contributed by atoms with van der Waals surface area (Å²) in [6.45, 7) is 5.34. The summed E-state index contributed by atoms with van der Waals surface area (Å²) in [7, 11) is 0. The van der Waals surface area contributed by atoms with E-state index in [9.17, 15) is 9.59 Å². The zero-order chi connectivity index (χ0) is 24.5. The molecule has 3 aromatic carbocycles. The van der Waals surface area contributed by atoms with Crippen LogP contribution in [0.3, 0.4) is 0 Å². The lowest BCUT2D eigenvalue weighted by Crippen LogP contribution is -2.37. The topological polar surface area (TPSA) is 77.1 Å². The molecule has 35 heavy (non-hydrogen) atoms. The number of nitrogens with zero attached hydrogens (tertiary/aromatic N) is 1. The van der Waals surface area contributed by atoms with Gasteiger partial charge in [0.2, 0.25) is 0 Å². The summed E-state index contributed by atoms with van der Waals surface area (Å²) in [6, 6.07) is 22.2. The zero-order valence-corrected chi connectivity index (χ0v) is 19.9. The van der Waals surface area contributed by atoms with Crippen LogP contribution in [0.4, 0.5) is 11.4 Å². The van der Waals surface area contributed by atoms with Gasteiger partial charge in [0.05, 0.1) is 31.1 Å². The fraction of sp³-hybridized carbons (Fsp3) is 0.286. The first-order valence-corrected chi connectivity index (χ1v) is 11.9. The number of hydrogen-bond donors (Lipinski definition) is 1. The number of esters is 1. The number of carbonyl (C=O) groups is 2. The molecule has 1 heterocycles. The Morgan fingerprint density at radius 2 is 1.71 bits per heavy atom. The van der Waals surface area contributed by atoms with Gasteiger partial charge in [-0.1, -0.05) is 37.3 Å². The number of amides is 1. The molecule has 0 saturated carbocycles. The Morgan fingerprint density at radius 3 is 2.43 bits per heavy atom. The van der Waals surface area contributed by atoms with E-state index in [1.54, 1.807) is 36.4 Å². The highest BCUT2D eigenvalue weighted by Crippen LogP contribution is 2.27. The van der Waals surface area contributed by atoms with Crippen molar-refractivity contribution >= 4 is 23.3 Å². The maximum absolute atomic E-state index is 12.8. The Balaban J connectivity index is 1.44. The van der Waals surface area contributed by atoms with E-state index in [2.05, 4.69) is 10.2 Å². The van der Waals surface area contributed by atoms with Gasteiger partial charge in [-0.05, 0) is 54.4 Å². The molecule has 0 bridgehead atoms. The second-order valence-corrected chi connectivity index (χ2v) is 8.22. The molecule has 1 fully saturated rings. The maximum Gasteiger partial charge on any atom is 0.340 e. The number of rotatable bonds is 9. The van der Waals surface area contributed by atoms with E-state index in [0.717, 1.165) is 17.7 Å². The fourth-order valence-corrected chi connectivity index (χ4v) is 3.78. The van der Waals surface area contributed by atoms with Crippen LogP contribution in [0.5, 0.6) is 5.75 Å². The molecule has 0 aliphatic carbocycles. The number of nitrogens with one attached hydrogen (secondary N) is 1. The molecule has 7 nitrogen and oxygen atoms in total. The van der Waals surface area contributed by atoms with E-state index >= 15 is 0 Å². The average molecular weight is 475 g/mol. The van der Waals surface area contributed by atoms with Crippen molar-refractivity contribution in [3.8, 4) is 5.75 Å². The van der Waals surface area contributed by atoms with Crippen LogP contribution in [0.15, 0.2) is 72.8 Å². The maximum atomic E-state index is 12.8. The van der Waals surface area contributed by atoms with Crippen LogP contribution in [-0.2, 0) is 16.1 Å². The summed E-state index contributed by atoms with van der Waals surface area (Å²) in [5.41, 5.74) is 3.31. The molecular formula is C28H30N2O5.